The summed E-state index contributed by atoms with van der Waals surface area (Å²) in [6, 6.07) is 0. The predicted molar refractivity (Wildman–Crippen MR) is 46.6 cm³/mol. The van der Waals surface area contributed by atoms with Gasteiger partial charge in [-0.1, -0.05) is 13.0 Å². The fourth-order valence-electron chi connectivity index (χ4n) is 0.646. The first-order chi connectivity index (χ1) is 5.49. The molecule has 0 heterocycles. The fourth-order valence-corrected chi connectivity index (χ4v) is 0.646. The molecular weight excluding hydrogens is 156 g/mol. The summed E-state index contributed by atoms with van der Waals surface area (Å²) in [5.74, 6) is -0.853. The molecular formula is C9H16O3. The van der Waals surface area contributed by atoms with Crippen LogP contribution in [0, 0.1) is 5.92 Å². The molecule has 1 N–H and O–H groups in total. The van der Waals surface area contributed by atoms with Crippen LogP contribution in [0.5, 0.6) is 0 Å². The van der Waals surface area contributed by atoms with Crippen LogP contribution in [0.4, 0.5) is 0 Å². The lowest BCUT2D eigenvalue weighted by Gasteiger charge is -2.15. The summed E-state index contributed by atoms with van der Waals surface area (Å²) in [4.78, 5) is 11.0. The Balaban J connectivity index is 4.00. The maximum Gasteiger partial charge on any atom is 0.335 e. The number of carbonyl (C=O) groups is 1. The SMILES string of the molecule is C=CC(C)C(O)C(=O)OC(C)C. The van der Waals surface area contributed by atoms with Crippen molar-refractivity contribution in [2.45, 2.75) is 33.0 Å². The van der Waals surface area contributed by atoms with Crippen LogP contribution < -0.4 is 0 Å². The van der Waals surface area contributed by atoms with Crippen LogP contribution in [-0.4, -0.2) is 23.3 Å². The molecule has 70 valence electrons. The van der Waals surface area contributed by atoms with Crippen LogP contribution in [-0.2, 0) is 9.53 Å². The van der Waals surface area contributed by atoms with Gasteiger partial charge in [0.05, 0.1) is 6.10 Å². The third kappa shape index (κ3) is 3.53. The van der Waals surface area contributed by atoms with E-state index >= 15 is 0 Å². The summed E-state index contributed by atoms with van der Waals surface area (Å²) >= 11 is 0. The van der Waals surface area contributed by atoms with Gasteiger partial charge in [0.15, 0.2) is 6.10 Å². The van der Waals surface area contributed by atoms with Crippen LogP contribution >= 0.6 is 0 Å². The lowest BCUT2D eigenvalue weighted by molar-refractivity contribution is -0.159. The monoisotopic (exact) mass is 172 g/mol. The van der Waals surface area contributed by atoms with Crippen molar-refractivity contribution in [1.82, 2.24) is 0 Å². The summed E-state index contributed by atoms with van der Waals surface area (Å²) in [5.41, 5.74) is 0. The van der Waals surface area contributed by atoms with Gasteiger partial charge in [-0.15, -0.1) is 6.58 Å². The van der Waals surface area contributed by atoms with E-state index in [2.05, 4.69) is 6.58 Å². The Morgan fingerprint density at radius 3 is 2.33 bits per heavy atom. The zero-order valence-electron chi connectivity index (χ0n) is 7.78. The van der Waals surface area contributed by atoms with Crippen LogP contribution in [0.15, 0.2) is 12.7 Å². The standard InChI is InChI=1S/C9H16O3/c1-5-7(4)8(10)9(11)12-6(2)3/h5-8,10H,1H2,2-4H3. The third-order valence-electron chi connectivity index (χ3n) is 1.46. The lowest BCUT2D eigenvalue weighted by atomic mass is 10.1. The molecule has 0 fully saturated rings. The second kappa shape index (κ2) is 4.93. The molecule has 0 aliphatic carbocycles. The van der Waals surface area contributed by atoms with Gasteiger partial charge in [-0.2, -0.15) is 0 Å². The molecule has 0 bridgehead atoms. The zero-order valence-corrected chi connectivity index (χ0v) is 7.78. The van der Waals surface area contributed by atoms with E-state index in [1.165, 1.54) is 6.08 Å². The first-order valence-electron chi connectivity index (χ1n) is 4.00. The van der Waals surface area contributed by atoms with E-state index in [1.54, 1.807) is 20.8 Å². The smallest absolute Gasteiger partial charge is 0.335 e. The van der Waals surface area contributed by atoms with Gasteiger partial charge in [0.25, 0.3) is 0 Å². The Hall–Kier alpha value is -0.830. The van der Waals surface area contributed by atoms with E-state index in [0.717, 1.165) is 0 Å². The van der Waals surface area contributed by atoms with Gasteiger partial charge >= 0.3 is 5.97 Å². The molecule has 3 heteroatoms. The summed E-state index contributed by atoms with van der Waals surface area (Å²) in [7, 11) is 0. The number of aliphatic hydroxyl groups is 1. The molecule has 12 heavy (non-hydrogen) atoms. The highest BCUT2D eigenvalue weighted by Gasteiger charge is 2.22. The number of carbonyl (C=O) groups excluding carboxylic acids is 1. The number of ether oxygens (including phenoxy) is 1. The van der Waals surface area contributed by atoms with E-state index in [0.29, 0.717) is 0 Å². The lowest BCUT2D eigenvalue weighted by Crippen LogP contribution is -2.30. The number of hydrogen-bond donors (Lipinski definition) is 1. The summed E-state index contributed by atoms with van der Waals surface area (Å²) in [5, 5.41) is 9.29. The van der Waals surface area contributed by atoms with Crippen molar-refractivity contribution in [3.63, 3.8) is 0 Å². The van der Waals surface area contributed by atoms with Crippen molar-refractivity contribution in [2.24, 2.45) is 5.92 Å². The minimum absolute atomic E-state index is 0.191. The average Bonchev–Trinajstić information content (AvgIpc) is 2.00. The number of rotatable bonds is 4. The first kappa shape index (κ1) is 11.2. The largest absolute Gasteiger partial charge is 0.461 e. The molecule has 0 saturated carbocycles. The van der Waals surface area contributed by atoms with Crippen molar-refractivity contribution < 1.29 is 14.6 Å². The minimum atomic E-state index is -1.09. The van der Waals surface area contributed by atoms with Crippen molar-refractivity contribution in [3.05, 3.63) is 12.7 Å². The fraction of sp³-hybridized carbons (Fsp3) is 0.667. The highest BCUT2D eigenvalue weighted by Crippen LogP contribution is 2.06. The van der Waals surface area contributed by atoms with Crippen LogP contribution in [0.25, 0.3) is 0 Å². The van der Waals surface area contributed by atoms with Gasteiger partial charge in [0.2, 0.25) is 0 Å². The molecule has 3 nitrogen and oxygen atoms in total. The Labute approximate surface area is 73.0 Å². The molecule has 0 rings (SSSR count). The highest BCUT2D eigenvalue weighted by molar-refractivity contribution is 5.75. The zero-order chi connectivity index (χ0) is 9.72. The summed E-state index contributed by atoms with van der Waals surface area (Å²) in [6.45, 7) is 8.66. The van der Waals surface area contributed by atoms with Gasteiger partial charge < -0.3 is 9.84 Å². The second-order valence-corrected chi connectivity index (χ2v) is 3.03. The Bertz CT molecular complexity index is 163. The second-order valence-electron chi connectivity index (χ2n) is 3.03. The van der Waals surface area contributed by atoms with E-state index in [9.17, 15) is 9.90 Å². The number of esters is 1. The predicted octanol–water partition coefficient (Wildman–Crippen LogP) is 1.12. The van der Waals surface area contributed by atoms with E-state index in [-0.39, 0.29) is 12.0 Å². The maximum atomic E-state index is 11.0. The van der Waals surface area contributed by atoms with Crippen molar-refractivity contribution in [3.8, 4) is 0 Å². The summed E-state index contributed by atoms with van der Waals surface area (Å²) < 4.78 is 4.80. The first-order valence-corrected chi connectivity index (χ1v) is 4.00. The summed E-state index contributed by atoms with van der Waals surface area (Å²) in [6.07, 6.45) is 0.237. The van der Waals surface area contributed by atoms with E-state index < -0.39 is 12.1 Å². The van der Waals surface area contributed by atoms with E-state index in [4.69, 9.17) is 4.74 Å². The number of aliphatic hydroxyl groups excluding tert-OH is 1. The van der Waals surface area contributed by atoms with E-state index in [1.807, 2.05) is 0 Å². The molecule has 2 atom stereocenters. The van der Waals surface area contributed by atoms with Crippen LogP contribution in [0.2, 0.25) is 0 Å². The van der Waals surface area contributed by atoms with Crippen molar-refractivity contribution in [2.75, 3.05) is 0 Å². The normalized spacial score (nSPS) is 15.4. The van der Waals surface area contributed by atoms with Gasteiger partial charge in [-0.25, -0.2) is 4.79 Å². The third-order valence-corrected chi connectivity index (χ3v) is 1.46. The van der Waals surface area contributed by atoms with Gasteiger partial charge in [0, 0.05) is 5.92 Å². The van der Waals surface area contributed by atoms with Gasteiger partial charge in [-0.3, -0.25) is 0 Å². The van der Waals surface area contributed by atoms with Crippen molar-refractivity contribution >= 4 is 5.97 Å². The number of hydrogen-bond acceptors (Lipinski definition) is 3. The maximum absolute atomic E-state index is 11.0. The highest BCUT2D eigenvalue weighted by atomic mass is 16.6. The quantitative estimate of drug-likeness (QED) is 0.510. The molecule has 0 aliphatic heterocycles. The van der Waals surface area contributed by atoms with Crippen LogP contribution in [0.1, 0.15) is 20.8 Å². The van der Waals surface area contributed by atoms with Crippen molar-refractivity contribution in [1.29, 1.82) is 0 Å². The molecule has 0 aliphatic rings. The molecule has 0 aromatic heterocycles. The molecule has 0 aromatic rings. The Morgan fingerprint density at radius 1 is 1.50 bits per heavy atom. The Morgan fingerprint density at radius 2 is 2.00 bits per heavy atom. The van der Waals surface area contributed by atoms with Gasteiger partial charge in [-0.05, 0) is 13.8 Å². The molecule has 2 unspecified atom stereocenters. The molecule has 0 amide bonds. The Kier molecular flexibility index (Phi) is 4.59. The topological polar surface area (TPSA) is 46.5 Å². The minimum Gasteiger partial charge on any atom is -0.461 e. The average molecular weight is 172 g/mol. The molecule has 0 saturated heterocycles. The van der Waals surface area contributed by atoms with Gasteiger partial charge in [0.1, 0.15) is 0 Å². The molecule has 0 radical (unpaired) electrons. The molecule has 0 spiro atoms. The van der Waals surface area contributed by atoms with Crippen LogP contribution in [0.3, 0.4) is 0 Å². The molecule has 0 aromatic carbocycles.